The molecule has 0 aliphatic rings. The zero-order valence-electron chi connectivity index (χ0n) is 12.1. The molecule has 2 aromatic carbocycles. The minimum Gasteiger partial charge on any atom is -0.320 e. The van der Waals surface area contributed by atoms with E-state index in [2.05, 4.69) is 15.3 Å². The van der Waals surface area contributed by atoms with Gasteiger partial charge in [-0.1, -0.05) is 35.3 Å². The molecule has 4 nitrogen and oxygen atoms in total. The van der Waals surface area contributed by atoms with Gasteiger partial charge in [-0.05, 0) is 30.3 Å². The zero-order chi connectivity index (χ0) is 17.1. The summed E-state index contributed by atoms with van der Waals surface area (Å²) in [6.45, 7) is 0. The maximum atomic E-state index is 13.2. The minimum absolute atomic E-state index is 0.242. The Kier molecular flexibility index (Phi) is 4.74. The summed E-state index contributed by atoms with van der Waals surface area (Å²) in [5, 5.41) is 3.46. The third-order valence-electron chi connectivity index (χ3n) is 3.17. The van der Waals surface area contributed by atoms with Gasteiger partial charge in [0, 0.05) is 23.0 Å². The van der Waals surface area contributed by atoms with Gasteiger partial charge in [-0.15, -0.1) is 0 Å². The van der Waals surface area contributed by atoms with Gasteiger partial charge in [-0.25, -0.2) is 14.4 Å². The SMILES string of the molecule is O=C(Nc1cc(Cl)ccc1Cl)c1cnc(-c2cccc(F)c2)nc1. The van der Waals surface area contributed by atoms with Gasteiger partial charge in [0.25, 0.3) is 5.91 Å². The fourth-order valence-electron chi connectivity index (χ4n) is 2.01. The molecule has 0 radical (unpaired) electrons. The first-order chi connectivity index (χ1) is 11.5. The molecular weight excluding hydrogens is 352 g/mol. The van der Waals surface area contributed by atoms with Crippen LogP contribution in [0.5, 0.6) is 0 Å². The van der Waals surface area contributed by atoms with Crippen LogP contribution in [0.2, 0.25) is 10.0 Å². The van der Waals surface area contributed by atoms with Gasteiger partial charge in [0.2, 0.25) is 0 Å². The van der Waals surface area contributed by atoms with Crippen LogP contribution in [-0.4, -0.2) is 15.9 Å². The minimum atomic E-state index is -0.426. The normalized spacial score (nSPS) is 10.5. The van der Waals surface area contributed by atoms with Crippen molar-refractivity contribution in [1.82, 2.24) is 9.97 Å². The fourth-order valence-corrected chi connectivity index (χ4v) is 2.35. The van der Waals surface area contributed by atoms with Gasteiger partial charge in [-0.3, -0.25) is 4.79 Å². The summed E-state index contributed by atoms with van der Waals surface area (Å²) in [7, 11) is 0. The molecule has 3 rings (SSSR count). The number of nitrogens with one attached hydrogen (secondary N) is 1. The highest BCUT2D eigenvalue weighted by Crippen LogP contribution is 2.26. The molecule has 1 aromatic heterocycles. The molecule has 0 saturated heterocycles. The molecule has 1 N–H and O–H groups in total. The highest BCUT2D eigenvalue weighted by molar-refractivity contribution is 6.35. The van der Waals surface area contributed by atoms with Crippen LogP contribution in [0, 0.1) is 5.82 Å². The van der Waals surface area contributed by atoms with Crippen molar-refractivity contribution < 1.29 is 9.18 Å². The number of nitrogens with zero attached hydrogens (tertiary/aromatic N) is 2. The second-order valence-electron chi connectivity index (χ2n) is 4.88. The van der Waals surface area contributed by atoms with E-state index < -0.39 is 5.91 Å². The summed E-state index contributed by atoms with van der Waals surface area (Å²) >= 11 is 11.9. The average Bonchev–Trinajstić information content (AvgIpc) is 2.58. The third kappa shape index (κ3) is 3.69. The van der Waals surface area contributed by atoms with Crippen molar-refractivity contribution in [3.05, 3.63) is 76.3 Å². The molecule has 0 saturated carbocycles. The van der Waals surface area contributed by atoms with Crippen LogP contribution in [-0.2, 0) is 0 Å². The Morgan fingerprint density at radius 1 is 1.04 bits per heavy atom. The molecule has 0 aliphatic carbocycles. The number of carbonyl (C=O) groups is 1. The molecule has 0 aliphatic heterocycles. The van der Waals surface area contributed by atoms with Crippen LogP contribution in [0.4, 0.5) is 10.1 Å². The van der Waals surface area contributed by atoms with Crippen LogP contribution in [0.25, 0.3) is 11.4 Å². The number of hydrogen-bond acceptors (Lipinski definition) is 3. The Labute approximate surface area is 147 Å². The lowest BCUT2D eigenvalue weighted by Gasteiger charge is -2.08. The Morgan fingerprint density at radius 2 is 1.79 bits per heavy atom. The summed E-state index contributed by atoms with van der Waals surface area (Å²) in [5.41, 5.74) is 1.16. The molecule has 0 atom stereocenters. The van der Waals surface area contributed by atoms with Gasteiger partial charge in [0.05, 0.1) is 16.3 Å². The molecule has 0 fully saturated rings. The van der Waals surface area contributed by atoms with Gasteiger partial charge in [0.1, 0.15) is 5.82 Å². The highest BCUT2D eigenvalue weighted by atomic mass is 35.5. The number of amides is 1. The number of anilines is 1. The maximum Gasteiger partial charge on any atom is 0.258 e. The summed E-state index contributed by atoms with van der Waals surface area (Å²) < 4.78 is 13.2. The van der Waals surface area contributed by atoms with Crippen molar-refractivity contribution in [2.24, 2.45) is 0 Å². The molecule has 0 spiro atoms. The molecule has 0 bridgehead atoms. The maximum absolute atomic E-state index is 13.2. The lowest BCUT2D eigenvalue weighted by molar-refractivity contribution is 0.102. The number of benzene rings is 2. The average molecular weight is 362 g/mol. The third-order valence-corrected chi connectivity index (χ3v) is 3.74. The van der Waals surface area contributed by atoms with E-state index in [4.69, 9.17) is 23.2 Å². The molecule has 120 valence electrons. The standard InChI is InChI=1S/C17H10Cl2FN3O/c18-12-4-5-14(19)15(7-12)23-17(24)11-8-21-16(22-9-11)10-2-1-3-13(20)6-10/h1-9H,(H,23,24). The van der Waals surface area contributed by atoms with E-state index in [9.17, 15) is 9.18 Å². The van der Waals surface area contributed by atoms with Crippen molar-refractivity contribution in [2.45, 2.75) is 0 Å². The second-order valence-corrected chi connectivity index (χ2v) is 5.73. The molecule has 3 aromatic rings. The predicted molar refractivity (Wildman–Crippen MR) is 91.8 cm³/mol. The highest BCUT2D eigenvalue weighted by Gasteiger charge is 2.11. The van der Waals surface area contributed by atoms with Crippen molar-refractivity contribution >= 4 is 34.8 Å². The van der Waals surface area contributed by atoms with Gasteiger partial charge < -0.3 is 5.32 Å². The topological polar surface area (TPSA) is 54.9 Å². The van der Waals surface area contributed by atoms with E-state index in [1.165, 1.54) is 24.5 Å². The Hall–Kier alpha value is -2.50. The van der Waals surface area contributed by atoms with Crippen molar-refractivity contribution in [2.75, 3.05) is 5.32 Å². The van der Waals surface area contributed by atoms with Crippen LogP contribution >= 0.6 is 23.2 Å². The van der Waals surface area contributed by atoms with E-state index in [0.717, 1.165) is 0 Å². The Balaban J connectivity index is 1.80. The summed E-state index contributed by atoms with van der Waals surface area (Å²) in [5.74, 6) is -0.481. The van der Waals surface area contributed by atoms with E-state index in [1.807, 2.05) is 0 Å². The number of hydrogen-bond donors (Lipinski definition) is 1. The quantitative estimate of drug-likeness (QED) is 0.725. The van der Waals surface area contributed by atoms with E-state index >= 15 is 0 Å². The molecule has 1 heterocycles. The van der Waals surface area contributed by atoms with Crippen LogP contribution in [0.15, 0.2) is 54.9 Å². The largest absolute Gasteiger partial charge is 0.320 e. The molecule has 24 heavy (non-hydrogen) atoms. The molecular formula is C17H10Cl2FN3O. The summed E-state index contributed by atoms with van der Waals surface area (Å²) in [6, 6.07) is 10.7. The first-order valence-corrected chi connectivity index (χ1v) is 7.63. The first-order valence-electron chi connectivity index (χ1n) is 6.87. The van der Waals surface area contributed by atoms with Crippen LogP contribution in [0.3, 0.4) is 0 Å². The Morgan fingerprint density at radius 3 is 2.50 bits per heavy atom. The second kappa shape index (κ2) is 6.95. The molecule has 1 amide bonds. The predicted octanol–water partition coefficient (Wildman–Crippen LogP) is 4.84. The van der Waals surface area contributed by atoms with Crippen LogP contribution in [0.1, 0.15) is 10.4 Å². The Bertz CT molecular complexity index is 901. The van der Waals surface area contributed by atoms with Crippen molar-refractivity contribution in [3.8, 4) is 11.4 Å². The van der Waals surface area contributed by atoms with E-state index in [0.29, 0.717) is 27.1 Å². The first kappa shape index (κ1) is 16.4. The van der Waals surface area contributed by atoms with Gasteiger partial charge in [-0.2, -0.15) is 0 Å². The van der Waals surface area contributed by atoms with Gasteiger partial charge >= 0.3 is 0 Å². The summed E-state index contributed by atoms with van der Waals surface area (Å²) in [4.78, 5) is 20.4. The number of aromatic nitrogens is 2. The number of rotatable bonds is 3. The summed E-state index contributed by atoms with van der Waals surface area (Å²) in [6.07, 6.45) is 2.72. The van der Waals surface area contributed by atoms with Crippen molar-refractivity contribution in [1.29, 1.82) is 0 Å². The molecule has 0 unspecified atom stereocenters. The number of halogens is 3. The molecule has 7 heteroatoms. The van der Waals surface area contributed by atoms with Crippen LogP contribution < -0.4 is 5.32 Å². The van der Waals surface area contributed by atoms with E-state index in [1.54, 1.807) is 30.3 Å². The number of carbonyl (C=O) groups excluding carboxylic acids is 1. The zero-order valence-corrected chi connectivity index (χ0v) is 13.6. The van der Waals surface area contributed by atoms with E-state index in [-0.39, 0.29) is 11.4 Å². The fraction of sp³-hybridized carbons (Fsp3) is 0. The monoisotopic (exact) mass is 361 g/mol. The van der Waals surface area contributed by atoms with Gasteiger partial charge in [0.15, 0.2) is 5.82 Å². The lowest BCUT2D eigenvalue weighted by Crippen LogP contribution is -2.13. The smallest absolute Gasteiger partial charge is 0.258 e. The van der Waals surface area contributed by atoms with Crippen molar-refractivity contribution in [3.63, 3.8) is 0 Å². The lowest BCUT2D eigenvalue weighted by atomic mass is 10.2.